The first-order valence-electron chi connectivity index (χ1n) is 8.59. The minimum atomic E-state index is -3.89. The van der Waals surface area contributed by atoms with Gasteiger partial charge in [0.05, 0.1) is 4.90 Å². The summed E-state index contributed by atoms with van der Waals surface area (Å²) < 4.78 is 32.6. The van der Waals surface area contributed by atoms with Gasteiger partial charge in [-0.05, 0) is 25.0 Å². The molecule has 2 atom stereocenters. The number of benzene rings is 2. The second-order valence-electron chi connectivity index (χ2n) is 6.47. The fourth-order valence-corrected chi connectivity index (χ4v) is 3.78. The van der Waals surface area contributed by atoms with Gasteiger partial charge in [0.15, 0.2) is 6.10 Å². The van der Waals surface area contributed by atoms with Crippen molar-refractivity contribution < 1.29 is 22.7 Å². The summed E-state index contributed by atoms with van der Waals surface area (Å²) >= 11 is 0. The molecule has 0 fully saturated rings. The molecule has 0 aromatic heterocycles. The molecule has 0 aliphatic heterocycles. The lowest BCUT2D eigenvalue weighted by Crippen LogP contribution is -2.46. The molecule has 144 valence electrons. The molecule has 2 aromatic rings. The number of esters is 1. The van der Waals surface area contributed by atoms with Crippen LogP contribution in [0.1, 0.15) is 31.1 Å². The molecular weight excluding hydrogens is 366 g/mol. The fourth-order valence-electron chi connectivity index (χ4n) is 2.43. The molecule has 0 spiro atoms. The lowest BCUT2D eigenvalue weighted by Gasteiger charge is -2.22. The van der Waals surface area contributed by atoms with Crippen LogP contribution in [0.5, 0.6) is 0 Å². The van der Waals surface area contributed by atoms with E-state index in [1.807, 2.05) is 0 Å². The summed E-state index contributed by atoms with van der Waals surface area (Å²) in [5.41, 5.74) is 0.420. The topological polar surface area (TPSA) is 89.5 Å². The summed E-state index contributed by atoms with van der Waals surface area (Å²) in [5.74, 6) is -1.51. The first kappa shape index (κ1) is 20.8. The van der Waals surface area contributed by atoms with Crippen LogP contribution in [0.4, 0.5) is 0 Å². The third-order valence-electron chi connectivity index (χ3n) is 3.98. The summed E-state index contributed by atoms with van der Waals surface area (Å²) in [6.07, 6.45) is -1.03. The normalized spacial score (nSPS) is 13.8. The van der Waals surface area contributed by atoms with Gasteiger partial charge in [-0.1, -0.05) is 62.4 Å². The largest absolute Gasteiger partial charge is 0.453 e. The first-order valence-corrected chi connectivity index (χ1v) is 10.1. The number of carbonyl (C=O) groups is 2. The smallest absolute Gasteiger partial charge is 0.325 e. The van der Waals surface area contributed by atoms with Gasteiger partial charge in [-0.25, -0.2) is 8.42 Å². The maximum Gasteiger partial charge on any atom is 0.325 e. The molecule has 6 nitrogen and oxygen atoms in total. The second-order valence-corrected chi connectivity index (χ2v) is 8.18. The summed E-state index contributed by atoms with van der Waals surface area (Å²) in [6.45, 7) is 4.86. The fraction of sp³-hybridized carbons (Fsp3) is 0.300. The Bertz CT molecular complexity index is 879. The Kier molecular flexibility index (Phi) is 6.87. The molecule has 0 amide bonds. The number of rotatable bonds is 8. The maximum atomic E-state index is 12.5. The van der Waals surface area contributed by atoms with Gasteiger partial charge in [-0.2, -0.15) is 4.72 Å². The van der Waals surface area contributed by atoms with Crippen LogP contribution >= 0.6 is 0 Å². The highest BCUT2D eigenvalue weighted by atomic mass is 32.2. The highest BCUT2D eigenvalue weighted by Crippen LogP contribution is 2.14. The van der Waals surface area contributed by atoms with Crippen molar-refractivity contribution in [3.05, 3.63) is 66.2 Å². The molecule has 2 rings (SSSR count). The lowest BCUT2D eigenvalue weighted by atomic mass is 10.1. The van der Waals surface area contributed by atoms with E-state index in [1.54, 1.807) is 62.4 Å². The molecule has 1 unspecified atom stereocenters. The molecule has 0 bridgehead atoms. The molecule has 27 heavy (non-hydrogen) atoms. The summed E-state index contributed by atoms with van der Waals surface area (Å²) in [7, 11) is -3.89. The predicted octanol–water partition coefficient (Wildman–Crippen LogP) is 2.80. The van der Waals surface area contributed by atoms with E-state index in [1.165, 1.54) is 19.1 Å². The zero-order chi connectivity index (χ0) is 20.0. The number of carbonyl (C=O) groups excluding carboxylic acids is 2. The van der Waals surface area contributed by atoms with Gasteiger partial charge < -0.3 is 4.74 Å². The minimum absolute atomic E-state index is 0.0526. The van der Waals surface area contributed by atoms with Crippen molar-refractivity contribution in [2.75, 3.05) is 0 Å². The zero-order valence-electron chi connectivity index (χ0n) is 15.5. The van der Waals surface area contributed by atoms with Crippen LogP contribution in [-0.2, 0) is 19.6 Å². The van der Waals surface area contributed by atoms with Crippen LogP contribution in [0, 0.1) is 5.92 Å². The van der Waals surface area contributed by atoms with E-state index in [-0.39, 0.29) is 16.6 Å². The zero-order valence-corrected chi connectivity index (χ0v) is 16.3. The van der Waals surface area contributed by atoms with E-state index >= 15 is 0 Å². The molecule has 0 radical (unpaired) electrons. The maximum absolute atomic E-state index is 12.5. The lowest BCUT2D eigenvalue weighted by molar-refractivity contribution is -0.149. The summed E-state index contributed by atoms with van der Waals surface area (Å²) in [4.78, 5) is 25.0. The number of nitrogens with one attached hydrogen (secondary N) is 1. The van der Waals surface area contributed by atoms with Crippen molar-refractivity contribution in [2.45, 2.75) is 37.8 Å². The van der Waals surface area contributed by atoms with E-state index < -0.39 is 28.1 Å². The van der Waals surface area contributed by atoms with Crippen LogP contribution in [-0.4, -0.2) is 32.3 Å². The van der Waals surface area contributed by atoms with Gasteiger partial charge in [0.2, 0.25) is 15.8 Å². The van der Waals surface area contributed by atoms with Crippen molar-refractivity contribution in [1.82, 2.24) is 4.72 Å². The van der Waals surface area contributed by atoms with Gasteiger partial charge in [0, 0.05) is 5.56 Å². The average molecular weight is 389 g/mol. The van der Waals surface area contributed by atoms with Crippen molar-refractivity contribution in [2.24, 2.45) is 5.92 Å². The number of ketones is 1. The quantitative estimate of drug-likeness (QED) is 0.554. The number of Topliss-reactive ketones (excluding diaryl/α,β-unsaturated/α-hetero) is 1. The predicted molar refractivity (Wildman–Crippen MR) is 102 cm³/mol. The van der Waals surface area contributed by atoms with E-state index in [0.717, 1.165) is 0 Å². The van der Waals surface area contributed by atoms with Gasteiger partial charge in [0.1, 0.15) is 6.04 Å². The number of sulfonamides is 1. The Hall–Kier alpha value is -2.51. The number of ether oxygens (including phenoxy) is 1. The second kappa shape index (κ2) is 8.92. The monoisotopic (exact) mass is 389 g/mol. The Balaban J connectivity index is 2.12. The molecule has 0 aliphatic rings. The number of hydrogen-bond acceptors (Lipinski definition) is 5. The van der Waals surface area contributed by atoms with Crippen molar-refractivity contribution in [1.29, 1.82) is 0 Å². The molecular formula is C20H23NO5S. The minimum Gasteiger partial charge on any atom is -0.453 e. The van der Waals surface area contributed by atoms with Gasteiger partial charge >= 0.3 is 5.97 Å². The van der Waals surface area contributed by atoms with Crippen LogP contribution in [0.3, 0.4) is 0 Å². The molecule has 1 N–H and O–H groups in total. The Labute approximate surface area is 159 Å². The molecule has 0 aliphatic carbocycles. The van der Waals surface area contributed by atoms with Crippen molar-refractivity contribution in [3.63, 3.8) is 0 Å². The molecule has 0 saturated carbocycles. The number of hydrogen-bond donors (Lipinski definition) is 1. The van der Waals surface area contributed by atoms with E-state index in [2.05, 4.69) is 4.72 Å². The van der Waals surface area contributed by atoms with Crippen LogP contribution in [0.15, 0.2) is 65.6 Å². The van der Waals surface area contributed by atoms with E-state index in [4.69, 9.17) is 4.74 Å². The van der Waals surface area contributed by atoms with Gasteiger partial charge in [0.25, 0.3) is 0 Å². The van der Waals surface area contributed by atoms with E-state index in [9.17, 15) is 18.0 Å². The summed E-state index contributed by atoms with van der Waals surface area (Å²) in [6, 6.07) is 15.1. The average Bonchev–Trinajstić information content (AvgIpc) is 2.66. The molecule has 0 saturated heterocycles. The highest BCUT2D eigenvalue weighted by molar-refractivity contribution is 7.89. The Morgan fingerprint density at radius 2 is 1.41 bits per heavy atom. The van der Waals surface area contributed by atoms with Crippen LogP contribution in [0.25, 0.3) is 0 Å². The Morgan fingerprint density at radius 3 is 1.93 bits per heavy atom. The van der Waals surface area contributed by atoms with Crippen molar-refractivity contribution in [3.8, 4) is 0 Å². The van der Waals surface area contributed by atoms with Crippen molar-refractivity contribution >= 4 is 21.8 Å². The summed E-state index contributed by atoms with van der Waals surface area (Å²) in [5, 5.41) is 0. The third-order valence-corrected chi connectivity index (χ3v) is 5.43. The Morgan fingerprint density at radius 1 is 0.889 bits per heavy atom. The first-order chi connectivity index (χ1) is 12.7. The van der Waals surface area contributed by atoms with Gasteiger partial charge in [-0.15, -0.1) is 0 Å². The highest BCUT2D eigenvalue weighted by Gasteiger charge is 2.32. The van der Waals surface area contributed by atoms with Crippen LogP contribution in [0.2, 0.25) is 0 Å². The van der Waals surface area contributed by atoms with E-state index in [0.29, 0.717) is 5.56 Å². The molecule has 0 heterocycles. The molecule has 7 heteroatoms. The standard InChI is InChI=1S/C20H23NO5S/c1-14(2)18(21-27(24,25)17-12-8-5-9-13-17)20(23)26-15(3)19(22)16-10-6-4-7-11-16/h4-15,18,21H,1-3H3/t15?,18-/m0/s1. The third kappa shape index (κ3) is 5.48. The SMILES string of the molecule is CC(OC(=O)[C@@H](NS(=O)(=O)c1ccccc1)C(C)C)C(=O)c1ccccc1. The van der Waals surface area contributed by atoms with Gasteiger partial charge in [-0.3, -0.25) is 9.59 Å². The molecule has 2 aromatic carbocycles. The van der Waals surface area contributed by atoms with Crippen LogP contribution < -0.4 is 4.72 Å².